The van der Waals surface area contributed by atoms with E-state index in [9.17, 15) is 22.4 Å². The van der Waals surface area contributed by atoms with Gasteiger partial charge in [0.2, 0.25) is 5.91 Å². The second-order valence-corrected chi connectivity index (χ2v) is 10.6. The highest BCUT2D eigenvalue weighted by Crippen LogP contribution is 2.38. The van der Waals surface area contributed by atoms with Gasteiger partial charge in [-0.2, -0.15) is 0 Å². The number of rotatable bonds is 11. The Morgan fingerprint density at radius 1 is 0.902 bits per heavy atom. The highest BCUT2D eigenvalue weighted by molar-refractivity contribution is 7.99. The van der Waals surface area contributed by atoms with Gasteiger partial charge in [-0.15, -0.1) is 10.2 Å². The molecule has 1 heterocycles. The van der Waals surface area contributed by atoms with Gasteiger partial charge in [0.15, 0.2) is 28.3 Å². The van der Waals surface area contributed by atoms with E-state index in [4.69, 9.17) is 9.47 Å². The zero-order valence-corrected chi connectivity index (χ0v) is 23.6. The third kappa shape index (κ3) is 6.64. The van der Waals surface area contributed by atoms with Crippen LogP contribution < -0.4 is 14.8 Å². The maximum atomic E-state index is 13.9. The van der Waals surface area contributed by atoms with E-state index in [0.29, 0.717) is 46.1 Å². The minimum Gasteiger partial charge on any atom is -0.493 e. The first-order valence-corrected chi connectivity index (χ1v) is 13.5. The number of hydrogen-bond donors (Lipinski definition) is 1. The summed E-state index contributed by atoms with van der Waals surface area (Å²) in [7, 11) is 3.11. The summed E-state index contributed by atoms with van der Waals surface area (Å²) in [6.45, 7) is 4.13. The van der Waals surface area contributed by atoms with E-state index in [-0.39, 0.29) is 12.1 Å². The van der Waals surface area contributed by atoms with Crippen LogP contribution >= 0.6 is 11.8 Å². The number of aromatic nitrogens is 3. The van der Waals surface area contributed by atoms with Gasteiger partial charge >= 0.3 is 0 Å². The second-order valence-electron chi connectivity index (χ2n) is 9.55. The van der Waals surface area contributed by atoms with Crippen molar-refractivity contribution in [1.82, 2.24) is 20.1 Å². The molecule has 0 bridgehead atoms. The summed E-state index contributed by atoms with van der Waals surface area (Å²) < 4.78 is 66.9. The molecule has 0 spiro atoms. The predicted octanol–water partition coefficient (Wildman–Crippen LogP) is 5.62. The van der Waals surface area contributed by atoms with Crippen LogP contribution in [-0.4, -0.2) is 47.2 Å². The molecule has 0 radical (unpaired) electrons. The van der Waals surface area contributed by atoms with Crippen LogP contribution in [0, 0.1) is 23.3 Å². The van der Waals surface area contributed by atoms with Crippen LogP contribution in [0.25, 0.3) is 5.69 Å². The summed E-state index contributed by atoms with van der Waals surface area (Å²) in [5.41, 5.74) is 0.592. The molecule has 0 aliphatic heterocycles. The molecule has 1 N–H and O–H groups in total. The summed E-state index contributed by atoms with van der Waals surface area (Å²) in [4.78, 5) is 12.3. The molecule has 41 heavy (non-hydrogen) atoms. The molecule has 4 aromatic rings. The van der Waals surface area contributed by atoms with E-state index in [1.807, 2.05) is 30.5 Å². The zero-order valence-electron chi connectivity index (χ0n) is 22.8. The maximum Gasteiger partial charge on any atom is 0.224 e. The summed E-state index contributed by atoms with van der Waals surface area (Å²) in [5.74, 6) is -2.40. The first-order chi connectivity index (χ1) is 19.5. The topological polar surface area (TPSA) is 78.3 Å². The van der Waals surface area contributed by atoms with E-state index in [1.165, 1.54) is 23.9 Å². The Labute approximate surface area is 238 Å². The first kappa shape index (κ1) is 29.9. The number of ether oxygens (including phenoxy) is 2. The van der Waals surface area contributed by atoms with Crippen LogP contribution in [0.5, 0.6) is 11.5 Å². The molecule has 0 saturated heterocycles. The monoisotopic (exact) mass is 588 g/mol. The summed E-state index contributed by atoms with van der Waals surface area (Å²) in [6, 6.07) is 12.6. The molecule has 0 aliphatic carbocycles. The van der Waals surface area contributed by atoms with E-state index in [1.54, 1.807) is 32.4 Å². The lowest BCUT2D eigenvalue weighted by Gasteiger charge is -2.26. The number of amides is 1. The fraction of sp³-hybridized carbons (Fsp3) is 0.276. The van der Waals surface area contributed by atoms with Gasteiger partial charge in [0.25, 0.3) is 0 Å². The Hall–Kier alpha value is -4.06. The molecule has 1 aromatic heterocycles. The van der Waals surface area contributed by atoms with Crippen LogP contribution in [0.15, 0.2) is 59.8 Å². The highest BCUT2D eigenvalue weighted by Gasteiger charge is 2.32. The number of halogens is 4. The van der Waals surface area contributed by atoms with Gasteiger partial charge < -0.3 is 14.8 Å². The molecule has 7 nitrogen and oxygen atoms in total. The van der Waals surface area contributed by atoms with Crippen molar-refractivity contribution in [2.24, 2.45) is 0 Å². The van der Waals surface area contributed by atoms with Crippen LogP contribution in [-0.2, 0) is 16.6 Å². The third-order valence-corrected chi connectivity index (χ3v) is 7.41. The van der Waals surface area contributed by atoms with Crippen molar-refractivity contribution in [3.63, 3.8) is 0 Å². The van der Waals surface area contributed by atoms with E-state index in [2.05, 4.69) is 15.5 Å². The molecule has 0 atom stereocenters. The van der Waals surface area contributed by atoms with Crippen molar-refractivity contribution in [1.29, 1.82) is 0 Å². The van der Waals surface area contributed by atoms with E-state index >= 15 is 0 Å². The van der Waals surface area contributed by atoms with Crippen LogP contribution in [0.2, 0.25) is 0 Å². The molecule has 0 fully saturated rings. The average Bonchev–Trinajstić information content (AvgIpc) is 3.38. The maximum absolute atomic E-state index is 13.9. The molecule has 1 amide bonds. The van der Waals surface area contributed by atoms with Crippen molar-refractivity contribution in [2.45, 2.75) is 30.8 Å². The van der Waals surface area contributed by atoms with Crippen molar-refractivity contribution in [3.05, 3.63) is 94.8 Å². The molecule has 3 aromatic carbocycles. The quantitative estimate of drug-likeness (QED) is 0.106. The average molecular weight is 589 g/mol. The molecule has 0 unspecified atom stereocenters. The number of thioether (sulfide) groups is 1. The lowest BCUT2D eigenvalue weighted by Crippen LogP contribution is -2.28. The van der Waals surface area contributed by atoms with Gasteiger partial charge in [0.1, 0.15) is 17.5 Å². The summed E-state index contributed by atoms with van der Waals surface area (Å²) >= 11 is 1.30. The Morgan fingerprint density at radius 2 is 1.59 bits per heavy atom. The minimum absolute atomic E-state index is 0.180. The number of methoxy groups -OCH3 is 2. The Balaban J connectivity index is 1.54. The number of hydrogen-bond acceptors (Lipinski definition) is 6. The van der Waals surface area contributed by atoms with Crippen molar-refractivity contribution in [3.8, 4) is 17.2 Å². The lowest BCUT2D eigenvalue weighted by atomic mass is 9.83. The van der Waals surface area contributed by atoms with Gasteiger partial charge in [-0.3, -0.25) is 9.36 Å². The zero-order chi connectivity index (χ0) is 29.7. The molecular formula is C29H28F4N4O3S. The standard InChI is InChI=1S/C29H28F4N4O3S/c1-29(2,18-5-10-24(39-3)25(15-18)40-4)27-35-36-28(37(27)20-8-6-19(30)7-9-20)41-12-11-34-26(38)14-17-13-22(32)23(33)16-21(17)31/h5-10,13,15-16H,11-12,14H2,1-4H3,(H,34,38). The Morgan fingerprint density at radius 3 is 2.27 bits per heavy atom. The Kier molecular flexibility index (Phi) is 9.21. The van der Waals surface area contributed by atoms with Gasteiger partial charge in [-0.1, -0.05) is 17.8 Å². The molecular weight excluding hydrogens is 560 g/mol. The number of nitrogens with one attached hydrogen (secondary N) is 1. The van der Waals surface area contributed by atoms with Crippen LogP contribution in [0.4, 0.5) is 17.6 Å². The number of benzene rings is 3. The predicted molar refractivity (Wildman–Crippen MR) is 147 cm³/mol. The smallest absolute Gasteiger partial charge is 0.224 e. The van der Waals surface area contributed by atoms with Crippen LogP contribution in [0.1, 0.15) is 30.8 Å². The van der Waals surface area contributed by atoms with Gasteiger partial charge in [-0.25, -0.2) is 17.6 Å². The molecule has 0 saturated carbocycles. The van der Waals surface area contributed by atoms with E-state index in [0.717, 1.165) is 5.56 Å². The molecule has 4 rings (SSSR count). The number of carbonyl (C=O) groups is 1. The normalized spacial score (nSPS) is 11.4. The lowest BCUT2D eigenvalue weighted by molar-refractivity contribution is -0.120. The fourth-order valence-corrected chi connectivity index (χ4v) is 5.02. The molecule has 12 heteroatoms. The largest absolute Gasteiger partial charge is 0.493 e. The van der Waals surface area contributed by atoms with Crippen LogP contribution in [0.3, 0.4) is 0 Å². The van der Waals surface area contributed by atoms with Crippen molar-refractivity contribution < 1.29 is 31.8 Å². The number of nitrogens with zero attached hydrogens (tertiary/aromatic N) is 3. The van der Waals surface area contributed by atoms with Gasteiger partial charge in [0.05, 0.1) is 26.1 Å². The number of carbonyl (C=O) groups excluding carboxylic acids is 1. The van der Waals surface area contributed by atoms with Gasteiger partial charge in [0, 0.05) is 29.6 Å². The molecule has 216 valence electrons. The van der Waals surface area contributed by atoms with Gasteiger partial charge in [-0.05, 0) is 61.9 Å². The second kappa shape index (κ2) is 12.6. The molecule has 0 aliphatic rings. The highest BCUT2D eigenvalue weighted by atomic mass is 32.2. The Bertz CT molecular complexity index is 1540. The summed E-state index contributed by atoms with van der Waals surface area (Å²) in [5, 5.41) is 12.0. The first-order valence-electron chi connectivity index (χ1n) is 12.5. The third-order valence-electron chi connectivity index (χ3n) is 6.48. The van der Waals surface area contributed by atoms with E-state index < -0.39 is 41.0 Å². The van der Waals surface area contributed by atoms with Crippen molar-refractivity contribution >= 4 is 17.7 Å². The fourth-order valence-electron chi connectivity index (χ4n) is 4.21. The SMILES string of the molecule is COc1ccc(C(C)(C)c2nnc(SCCNC(=O)Cc3cc(F)c(F)cc3F)n2-c2ccc(F)cc2)cc1OC. The van der Waals surface area contributed by atoms with Crippen molar-refractivity contribution in [2.75, 3.05) is 26.5 Å². The summed E-state index contributed by atoms with van der Waals surface area (Å²) in [6.07, 6.45) is -0.441. The minimum atomic E-state index is -1.32.